The predicted octanol–water partition coefficient (Wildman–Crippen LogP) is 6.14. The summed E-state index contributed by atoms with van der Waals surface area (Å²) >= 11 is 0. The third-order valence-electron chi connectivity index (χ3n) is 7.44. The first-order valence-corrected chi connectivity index (χ1v) is 14.0. The Bertz CT molecular complexity index is 1790. The van der Waals surface area contributed by atoms with E-state index in [1.807, 2.05) is 54.7 Å². The van der Waals surface area contributed by atoms with Crippen molar-refractivity contribution in [3.63, 3.8) is 0 Å². The quantitative estimate of drug-likeness (QED) is 0.138. The Balaban J connectivity index is 1.44. The molecule has 0 aliphatic rings. The molecule has 5 aromatic rings. The van der Waals surface area contributed by atoms with Crippen molar-refractivity contribution >= 4 is 28.4 Å². The first-order chi connectivity index (χ1) is 21.3. The molecule has 9 nitrogen and oxygen atoms in total. The van der Waals surface area contributed by atoms with E-state index in [2.05, 4.69) is 4.98 Å². The third-order valence-corrected chi connectivity index (χ3v) is 7.44. The molecule has 0 saturated heterocycles. The number of fused-ring (bicyclic) bond motifs is 1. The number of carbonyl (C=O) groups excluding carboxylic acids is 2. The molecule has 0 bridgehead atoms. The number of methoxy groups -OCH3 is 1. The van der Waals surface area contributed by atoms with Crippen LogP contribution < -0.4 is 4.74 Å². The highest BCUT2D eigenvalue weighted by atomic mass is 19.1. The molecular formula is C34H31FN4O5. The number of rotatable bonds is 12. The molecule has 0 spiro atoms. The molecule has 1 aromatic heterocycles. The van der Waals surface area contributed by atoms with Crippen LogP contribution in [-0.4, -0.2) is 51.7 Å². The number of nitro benzene ring substituents is 1. The SMILES string of the molecule is COc1ccccc1CN(CCc1c[nH]c2ccccc12)C(=O)CN(Cc1ccc(F)cc1)C(=O)c1cccc([N+](=O)[O-])c1. The number of H-pyrrole nitrogens is 1. The van der Waals surface area contributed by atoms with Crippen molar-refractivity contribution in [2.45, 2.75) is 19.5 Å². The largest absolute Gasteiger partial charge is 0.496 e. The van der Waals surface area contributed by atoms with Crippen LogP contribution in [0.15, 0.2) is 103 Å². The zero-order valence-electron chi connectivity index (χ0n) is 24.1. The van der Waals surface area contributed by atoms with E-state index in [9.17, 15) is 24.1 Å². The fourth-order valence-corrected chi connectivity index (χ4v) is 5.13. The van der Waals surface area contributed by atoms with Crippen LogP contribution in [0.5, 0.6) is 5.75 Å². The highest BCUT2D eigenvalue weighted by Crippen LogP contribution is 2.23. The number of carbonyl (C=O) groups is 2. The molecule has 2 amide bonds. The maximum atomic E-state index is 14.1. The highest BCUT2D eigenvalue weighted by molar-refractivity contribution is 5.97. The highest BCUT2D eigenvalue weighted by Gasteiger charge is 2.25. The topological polar surface area (TPSA) is 109 Å². The molecular weight excluding hydrogens is 563 g/mol. The Hall–Kier alpha value is -5.51. The summed E-state index contributed by atoms with van der Waals surface area (Å²) in [6.45, 7) is 0.287. The molecule has 0 fully saturated rings. The number of benzene rings is 4. The first kappa shape index (κ1) is 30.0. The van der Waals surface area contributed by atoms with Crippen LogP contribution in [-0.2, 0) is 24.3 Å². The number of aromatic nitrogens is 1. The van der Waals surface area contributed by atoms with E-state index in [4.69, 9.17) is 4.74 Å². The summed E-state index contributed by atoms with van der Waals surface area (Å²) in [4.78, 5) is 44.9. The monoisotopic (exact) mass is 594 g/mol. The van der Waals surface area contributed by atoms with Crippen LogP contribution in [0, 0.1) is 15.9 Å². The lowest BCUT2D eigenvalue weighted by atomic mass is 10.1. The van der Waals surface area contributed by atoms with E-state index >= 15 is 0 Å². The Labute approximate surface area is 253 Å². The summed E-state index contributed by atoms with van der Waals surface area (Å²) in [6.07, 6.45) is 2.49. The van der Waals surface area contributed by atoms with Gasteiger partial charge < -0.3 is 19.5 Å². The molecule has 44 heavy (non-hydrogen) atoms. The Kier molecular flexibility index (Phi) is 9.29. The maximum absolute atomic E-state index is 14.1. The Morgan fingerprint density at radius 3 is 2.41 bits per heavy atom. The molecule has 224 valence electrons. The number of nitrogens with one attached hydrogen (secondary N) is 1. The molecule has 1 N–H and O–H groups in total. The summed E-state index contributed by atoms with van der Waals surface area (Å²) < 4.78 is 19.2. The minimum Gasteiger partial charge on any atom is -0.496 e. The van der Waals surface area contributed by atoms with Gasteiger partial charge in [0, 0.05) is 60.0 Å². The Morgan fingerprint density at radius 1 is 0.886 bits per heavy atom. The van der Waals surface area contributed by atoms with E-state index in [0.717, 1.165) is 22.0 Å². The number of nitrogens with zero attached hydrogens (tertiary/aromatic N) is 3. The van der Waals surface area contributed by atoms with Gasteiger partial charge in [0.15, 0.2) is 0 Å². The molecule has 5 rings (SSSR count). The number of hydrogen-bond donors (Lipinski definition) is 1. The van der Waals surface area contributed by atoms with Gasteiger partial charge in [0.2, 0.25) is 5.91 Å². The van der Waals surface area contributed by atoms with Gasteiger partial charge >= 0.3 is 0 Å². The van der Waals surface area contributed by atoms with Crippen molar-refractivity contribution in [1.82, 2.24) is 14.8 Å². The molecule has 0 saturated carbocycles. The lowest BCUT2D eigenvalue weighted by Crippen LogP contribution is -2.43. The van der Waals surface area contributed by atoms with E-state index in [1.54, 1.807) is 12.0 Å². The van der Waals surface area contributed by atoms with Crippen molar-refractivity contribution in [1.29, 1.82) is 0 Å². The number of halogens is 1. The standard InChI is InChI=1S/C34H31FN4O5/c1-44-32-12-5-2-7-27(32)22-37(18-17-26-20-36-31-11-4-3-10-30(26)31)33(40)23-38(21-24-13-15-28(35)16-14-24)34(41)25-8-6-9-29(19-25)39(42)43/h2-16,19-20,36H,17-18,21-23H2,1H3. The zero-order valence-corrected chi connectivity index (χ0v) is 24.1. The zero-order chi connectivity index (χ0) is 31.1. The van der Waals surface area contributed by atoms with Gasteiger partial charge in [-0.2, -0.15) is 0 Å². The van der Waals surface area contributed by atoms with Gasteiger partial charge in [-0.25, -0.2) is 4.39 Å². The van der Waals surface area contributed by atoms with Gasteiger partial charge in [0.1, 0.15) is 18.1 Å². The lowest BCUT2D eigenvalue weighted by Gasteiger charge is -2.28. The smallest absolute Gasteiger partial charge is 0.270 e. The van der Waals surface area contributed by atoms with Crippen molar-refractivity contribution < 1.29 is 23.6 Å². The van der Waals surface area contributed by atoms with Gasteiger partial charge in [-0.1, -0.05) is 54.6 Å². The maximum Gasteiger partial charge on any atom is 0.270 e. The predicted molar refractivity (Wildman–Crippen MR) is 165 cm³/mol. The van der Waals surface area contributed by atoms with E-state index in [0.29, 0.717) is 24.3 Å². The first-order valence-electron chi connectivity index (χ1n) is 14.0. The lowest BCUT2D eigenvalue weighted by molar-refractivity contribution is -0.384. The van der Waals surface area contributed by atoms with Crippen molar-refractivity contribution in [2.75, 3.05) is 20.2 Å². The summed E-state index contributed by atoms with van der Waals surface area (Å²) in [5.74, 6) is -0.674. The van der Waals surface area contributed by atoms with Crippen LogP contribution in [0.3, 0.4) is 0 Å². The average molecular weight is 595 g/mol. The van der Waals surface area contributed by atoms with Gasteiger partial charge in [0.25, 0.3) is 11.6 Å². The van der Waals surface area contributed by atoms with Gasteiger partial charge in [-0.05, 0) is 47.9 Å². The number of ether oxygens (including phenoxy) is 1. The average Bonchev–Trinajstić information content (AvgIpc) is 3.46. The normalized spacial score (nSPS) is 10.9. The van der Waals surface area contributed by atoms with Crippen LogP contribution in [0.1, 0.15) is 27.0 Å². The Morgan fingerprint density at radius 2 is 1.64 bits per heavy atom. The van der Waals surface area contributed by atoms with E-state index < -0.39 is 16.6 Å². The third kappa shape index (κ3) is 7.09. The summed E-state index contributed by atoms with van der Waals surface area (Å²) in [5.41, 5.74) is 3.29. The molecule has 0 unspecified atom stereocenters. The van der Waals surface area contributed by atoms with Crippen molar-refractivity contribution in [2.24, 2.45) is 0 Å². The van der Waals surface area contributed by atoms with Gasteiger partial charge in [0.05, 0.1) is 12.0 Å². The molecule has 0 radical (unpaired) electrons. The summed E-state index contributed by atoms with van der Waals surface area (Å²) in [5, 5.41) is 12.5. The van der Waals surface area contributed by atoms with Gasteiger partial charge in [-0.3, -0.25) is 19.7 Å². The number of aromatic amines is 1. The molecule has 1 heterocycles. The second kappa shape index (κ2) is 13.6. The number of amides is 2. The van der Waals surface area contributed by atoms with Crippen molar-refractivity contribution in [3.05, 3.63) is 141 Å². The number of non-ortho nitro benzene ring substituents is 1. The van der Waals surface area contributed by atoms with Crippen LogP contribution in [0.2, 0.25) is 0 Å². The number of nitro groups is 1. The molecule has 10 heteroatoms. The number of hydrogen-bond acceptors (Lipinski definition) is 5. The molecule has 0 aliphatic carbocycles. The second-order valence-corrected chi connectivity index (χ2v) is 10.3. The summed E-state index contributed by atoms with van der Waals surface area (Å²) in [7, 11) is 1.57. The van der Waals surface area contributed by atoms with E-state index in [1.165, 1.54) is 53.4 Å². The molecule has 0 atom stereocenters. The van der Waals surface area contributed by atoms with Crippen LogP contribution in [0.25, 0.3) is 10.9 Å². The molecule has 4 aromatic carbocycles. The minimum absolute atomic E-state index is 0.00150. The summed E-state index contributed by atoms with van der Waals surface area (Å²) in [6, 6.07) is 26.4. The second-order valence-electron chi connectivity index (χ2n) is 10.3. The number of para-hydroxylation sites is 2. The fourth-order valence-electron chi connectivity index (χ4n) is 5.13. The van der Waals surface area contributed by atoms with Gasteiger partial charge in [-0.15, -0.1) is 0 Å². The fraction of sp³-hybridized carbons (Fsp3) is 0.176. The van der Waals surface area contributed by atoms with E-state index in [-0.39, 0.29) is 36.8 Å². The van der Waals surface area contributed by atoms with Crippen LogP contribution in [0.4, 0.5) is 10.1 Å². The minimum atomic E-state index is -0.577. The molecule has 0 aliphatic heterocycles. The van der Waals surface area contributed by atoms with Crippen LogP contribution >= 0.6 is 0 Å². The van der Waals surface area contributed by atoms with Crippen molar-refractivity contribution in [3.8, 4) is 5.75 Å².